The summed E-state index contributed by atoms with van der Waals surface area (Å²) in [6.07, 6.45) is -0.125. The van der Waals surface area contributed by atoms with Crippen LogP contribution in [0.4, 0.5) is 0 Å². The predicted molar refractivity (Wildman–Crippen MR) is 70.5 cm³/mol. The molecule has 1 atom stereocenters. The van der Waals surface area contributed by atoms with Crippen molar-refractivity contribution in [1.29, 1.82) is 0 Å². The van der Waals surface area contributed by atoms with Gasteiger partial charge < -0.3 is 20.5 Å². The Labute approximate surface area is 114 Å². The Kier molecular flexibility index (Phi) is 4.21. The number of amides is 1. The van der Waals surface area contributed by atoms with Gasteiger partial charge in [-0.3, -0.25) is 4.79 Å². The van der Waals surface area contributed by atoms with Crippen molar-refractivity contribution < 1.29 is 14.6 Å². The Morgan fingerprint density at radius 1 is 1.61 bits per heavy atom. The van der Waals surface area contributed by atoms with Crippen LogP contribution in [-0.4, -0.2) is 48.3 Å². The van der Waals surface area contributed by atoms with Crippen LogP contribution in [0.15, 0.2) is 22.7 Å². The van der Waals surface area contributed by atoms with E-state index in [1.165, 1.54) is 6.07 Å². The van der Waals surface area contributed by atoms with Gasteiger partial charge >= 0.3 is 0 Å². The van der Waals surface area contributed by atoms with Crippen LogP contribution >= 0.6 is 15.9 Å². The zero-order chi connectivity index (χ0) is 13.1. The third kappa shape index (κ3) is 2.82. The van der Waals surface area contributed by atoms with Gasteiger partial charge in [-0.1, -0.05) is 15.9 Å². The molecule has 1 aliphatic rings. The van der Waals surface area contributed by atoms with E-state index in [1.807, 2.05) is 0 Å². The molecule has 1 amide bonds. The Hall–Kier alpha value is -1.11. The molecule has 1 aliphatic heterocycles. The molecule has 0 spiro atoms. The molecule has 0 saturated carbocycles. The number of halogens is 1. The average molecular weight is 315 g/mol. The second-order valence-corrected chi connectivity index (χ2v) is 5.06. The van der Waals surface area contributed by atoms with E-state index >= 15 is 0 Å². The lowest BCUT2D eigenvalue weighted by Gasteiger charge is -2.32. The van der Waals surface area contributed by atoms with Crippen LogP contribution in [0.25, 0.3) is 0 Å². The number of benzene rings is 1. The average Bonchev–Trinajstić information content (AvgIpc) is 2.38. The van der Waals surface area contributed by atoms with E-state index < -0.39 is 0 Å². The van der Waals surface area contributed by atoms with E-state index in [0.717, 1.165) is 4.47 Å². The number of phenolic OH excluding ortho intramolecular Hbond substituents is 1. The molecule has 1 aromatic carbocycles. The molecule has 1 heterocycles. The van der Waals surface area contributed by atoms with Gasteiger partial charge in [0.15, 0.2) is 0 Å². The van der Waals surface area contributed by atoms with Crippen LogP contribution in [-0.2, 0) is 4.74 Å². The van der Waals surface area contributed by atoms with Gasteiger partial charge in [0.05, 0.1) is 18.3 Å². The number of hydrogen-bond acceptors (Lipinski definition) is 4. The topological polar surface area (TPSA) is 75.8 Å². The van der Waals surface area contributed by atoms with Gasteiger partial charge in [-0.25, -0.2) is 0 Å². The van der Waals surface area contributed by atoms with Gasteiger partial charge in [0.25, 0.3) is 5.91 Å². The van der Waals surface area contributed by atoms with E-state index in [4.69, 9.17) is 10.5 Å². The zero-order valence-electron chi connectivity index (χ0n) is 9.80. The minimum Gasteiger partial charge on any atom is -0.507 e. The third-order valence-electron chi connectivity index (χ3n) is 2.88. The highest BCUT2D eigenvalue weighted by Crippen LogP contribution is 2.24. The smallest absolute Gasteiger partial charge is 0.257 e. The van der Waals surface area contributed by atoms with Crippen molar-refractivity contribution in [3.8, 4) is 5.75 Å². The first-order valence-corrected chi connectivity index (χ1v) is 6.50. The molecule has 1 unspecified atom stereocenters. The fourth-order valence-electron chi connectivity index (χ4n) is 1.90. The molecule has 1 saturated heterocycles. The molecule has 98 valence electrons. The normalized spacial score (nSPS) is 19.9. The van der Waals surface area contributed by atoms with Crippen molar-refractivity contribution in [2.24, 2.45) is 5.73 Å². The highest BCUT2D eigenvalue weighted by atomic mass is 79.9. The first-order chi connectivity index (χ1) is 8.61. The van der Waals surface area contributed by atoms with Gasteiger partial charge in [-0.2, -0.15) is 0 Å². The molecule has 2 rings (SSSR count). The maximum atomic E-state index is 12.2. The SMILES string of the molecule is NCC1CN(C(=O)c2ccc(Br)cc2O)CCO1. The second kappa shape index (κ2) is 5.69. The summed E-state index contributed by atoms with van der Waals surface area (Å²) < 4.78 is 6.14. The number of aromatic hydroxyl groups is 1. The molecule has 0 aromatic heterocycles. The number of nitrogens with zero attached hydrogens (tertiary/aromatic N) is 1. The first kappa shape index (κ1) is 13.3. The summed E-state index contributed by atoms with van der Waals surface area (Å²) in [5.41, 5.74) is 5.84. The van der Waals surface area contributed by atoms with E-state index in [-0.39, 0.29) is 17.8 Å². The van der Waals surface area contributed by atoms with Crippen molar-refractivity contribution >= 4 is 21.8 Å². The van der Waals surface area contributed by atoms with Gasteiger partial charge in [0.1, 0.15) is 5.75 Å². The van der Waals surface area contributed by atoms with E-state index in [2.05, 4.69) is 15.9 Å². The Balaban J connectivity index is 2.15. The lowest BCUT2D eigenvalue weighted by Crippen LogP contribution is -2.48. The monoisotopic (exact) mass is 314 g/mol. The van der Waals surface area contributed by atoms with Crippen molar-refractivity contribution in [3.05, 3.63) is 28.2 Å². The number of hydrogen-bond donors (Lipinski definition) is 2. The largest absolute Gasteiger partial charge is 0.507 e. The Bertz CT molecular complexity index is 453. The number of morpholine rings is 1. The number of nitrogens with two attached hydrogens (primary N) is 1. The first-order valence-electron chi connectivity index (χ1n) is 5.71. The number of rotatable bonds is 2. The lowest BCUT2D eigenvalue weighted by atomic mass is 10.1. The van der Waals surface area contributed by atoms with Gasteiger partial charge in [-0.15, -0.1) is 0 Å². The van der Waals surface area contributed by atoms with Crippen LogP contribution < -0.4 is 5.73 Å². The Morgan fingerprint density at radius 2 is 2.39 bits per heavy atom. The van der Waals surface area contributed by atoms with Crippen molar-refractivity contribution in [1.82, 2.24) is 4.90 Å². The second-order valence-electron chi connectivity index (χ2n) is 4.14. The van der Waals surface area contributed by atoms with Crippen molar-refractivity contribution in [3.63, 3.8) is 0 Å². The number of phenols is 1. The van der Waals surface area contributed by atoms with Crippen molar-refractivity contribution in [2.75, 3.05) is 26.2 Å². The fourth-order valence-corrected chi connectivity index (χ4v) is 2.25. The van der Waals surface area contributed by atoms with Crippen LogP contribution in [0.2, 0.25) is 0 Å². The molecular formula is C12H15BrN2O3. The van der Waals surface area contributed by atoms with Gasteiger partial charge in [0, 0.05) is 24.1 Å². The molecule has 1 aromatic rings. The van der Waals surface area contributed by atoms with Gasteiger partial charge in [0.2, 0.25) is 0 Å². The quantitative estimate of drug-likeness (QED) is 0.852. The van der Waals surface area contributed by atoms with Crippen LogP contribution in [0.1, 0.15) is 10.4 Å². The lowest BCUT2D eigenvalue weighted by molar-refractivity contribution is -0.0168. The van der Waals surface area contributed by atoms with Crippen LogP contribution in [0.3, 0.4) is 0 Å². The van der Waals surface area contributed by atoms with Crippen molar-refractivity contribution in [2.45, 2.75) is 6.10 Å². The molecular weight excluding hydrogens is 300 g/mol. The zero-order valence-corrected chi connectivity index (χ0v) is 11.4. The molecule has 0 aliphatic carbocycles. The maximum absolute atomic E-state index is 12.2. The summed E-state index contributed by atoms with van der Waals surface area (Å²) in [6, 6.07) is 4.84. The summed E-state index contributed by atoms with van der Waals surface area (Å²) in [5.74, 6) is -0.216. The maximum Gasteiger partial charge on any atom is 0.257 e. The molecule has 5 nitrogen and oxygen atoms in total. The number of ether oxygens (including phenoxy) is 1. The molecule has 0 bridgehead atoms. The molecule has 18 heavy (non-hydrogen) atoms. The summed E-state index contributed by atoms with van der Waals surface area (Å²) in [6.45, 7) is 1.84. The Morgan fingerprint density at radius 3 is 3.06 bits per heavy atom. The van der Waals surface area contributed by atoms with Crippen LogP contribution in [0, 0.1) is 0 Å². The van der Waals surface area contributed by atoms with Crippen LogP contribution in [0.5, 0.6) is 5.75 Å². The van der Waals surface area contributed by atoms with E-state index in [0.29, 0.717) is 31.8 Å². The minimum absolute atomic E-state index is 0.0230. The molecule has 3 N–H and O–H groups in total. The highest BCUT2D eigenvalue weighted by molar-refractivity contribution is 9.10. The predicted octanol–water partition coefficient (Wildman–Crippen LogP) is 0.954. The molecule has 0 radical (unpaired) electrons. The molecule has 6 heteroatoms. The molecule has 1 fully saturated rings. The summed E-state index contributed by atoms with van der Waals surface area (Å²) in [7, 11) is 0. The standard InChI is InChI=1S/C12H15BrN2O3/c13-8-1-2-10(11(16)5-8)12(17)15-3-4-18-9(6-14)7-15/h1-2,5,9,16H,3-4,6-7,14H2. The third-order valence-corrected chi connectivity index (χ3v) is 3.37. The minimum atomic E-state index is -0.193. The number of carbonyl (C=O) groups is 1. The number of carbonyl (C=O) groups excluding carboxylic acids is 1. The summed E-state index contributed by atoms with van der Waals surface area (Å²) >= 11 is 3.24. The van der Waals surface area contributed by atoms with E-state index in [1.54, 1.807) is 17.0 Å². The van der Waals surface area contributed by atoms with E-state index in [9.17, 15) is 9.90 Å². The summed E-state index contributed by atoms with van der Waals surface area (Å²) in [5, 5.41) is 9.78. The fraction of sp³-hybridized carbons (Fsp3) is 0.417. The summed E-state index contributed by atoms with van der Waals surface area (Å²) in [4.78, 5) is 13.9. The van der Waals surface area contributed by atoms with Gasteiger partial charge in [-0.05, 0) is 18.2 Å². The highest BCUT2D eigenvalue weighted by Gasteiger charge is 2.25.